The number of hydrogen-bond donors (Lipinski definition) is 0. The van der Waals surface area contributed by atoms with Crippen molar-refractivity contribution in [2.45, 2.75) is 38.6 Å². The van der Waals surface area contributed by atoms with Crippen LogP contribution < -0.4 is 0 Å². The molecule has 0 N–H and O–H groups in total. The molecule has 2 nitrogen and oxygen atoms in total. The summed E-state index contributed by atoms with van der Waals surface area (Å²) in [6, 6.07) is 0.479. The van der Waals surface area contributed by atoms with Crippen molar-refractivity contribution >= 4 is 0 Å². The molecule has 0 saturated heterocycles. The summed E-state index contributed by atoms with van der Waals surface area (Å²) in [6.07, 6.45) is 4.15. The molecule has 1 saturated carbocycles. The molecule has 1 aromatic rings. The van der Waals surface area contributed by atoms with Crippen LogP contribution in [0.1, 0.15) is 44.2 Å². The minimum atomic E-state index is -0.295. The molecule has 0 aromatic carbocycles. The lowest BCUT2D eigenvalue weighted by Crippen LogP contribution is -1.93. The van der Waals surface area contributed by atoms with Gasteiger partial charge in [0.25, 0.3) is 0 Å². The Kier molecular flexibility index (Phi) is 1.67. The first-order valence-corrected chi connectivity index (χ1v) is 4.43. The highest BCUT2D eigenvalue weighted by Gasteiger charge is 2.26. The first kappa shape index (κ1) is 7.77. The Hall–Kier alpha value is -0.860. The van der Waals surface area contributed by atoms with Crippen molar-refractivity contribution in [3.8, 4) is 0 Å². The molecule has 1 fully saturated rings. The van der Waals surface area contributed by atoms with Gasteiger partial charge in [-0.15, -0.1) is 5.10 Å². The molecule has 66 valence electrons. The molecule has 3 heteroatoms. The number of halogens is 1. The standard InChI is InChI=1S/C9H13FN2/c1-6(2)8-5-12(7-3-4-7)11-9(8)10/h5-7H,3-4H2,1-2H3. The minimum absolute atomic E-state index is 0.234. The van der Waals surface area contributed by atoms with Crippen molar-refractivity contribution in [1.82, 2.24) is 9.78 Å². The second kappa shape index (κ2) is 2.57. The Labute approximate surface area is 71.4 Å². The fourth-order valence-corrected chi connectivity index (χ4v) is 1.30. The van der Waals surface area contributed by atoms with Gasteiger partial charge in [-0.2, -0.15) is 4.39 Å². The second-order valence-electron chi connectivity index (χ2n) is 3.74. The van der Waals surface area contributed by atoms with Crippen LogP contribution in [0.2, 0.25) is 0 Å². The Morgan fingerprint density at radius 1 is 1.58 bits per heavy atom. The normalized spacial score (nSPS) is 17.3. The third-order valence-electron chi connectivity index (χ3n) is 2.26. The van der Waals surface area contributed by atoms with Gasteiger partial charge < -0.3 is 0 Å². The van der Waals surface area contributed by atoms with E-state index in [9.17, 15) is 4.39 Å². The Morgan fingerprint density at radius 2 is 2.25 bits per heavy atom. The lowest BCUT2D eigenvalue weighted by Gasteiger charge is -1.97. The summed E-state index contributed by atoms with van der Waals surface area (Å²) >= 11 is 0. The predicted octanol–water partition coefficient (Wildman–Crippen LogP) is 2.48. The summed E-state index contributed by atoms with van der Waals surface area (Å²) in [5.74, 6) is -0.0607. The van der Waals surface area contributed by atoms with Crippen LogP contribution in [0, 0.1) is 5.95 Å². The molecule has 0 amide bonds. The predicted molar refractivity (Wildman–Crippen MR) is 44.5 cm³/mol. The number of aromatic nitrogens is 2. The van der Waals surface area contributed by atoms with E-state index >= 15 is 0 Å². The van der Waals surface area contributed by atoms with E-state index in [2.05, 4.69) is 5.10 Å². The highest BCUT2D eigenvalue weighted by Crippen LogP contribution is 2.35. The zero-order chi connectivity index (χ0) is 8.72. The largest absolute Gasteiger partial charge is 0.266 e. The SMILES string of the molecule is CC(C)c1cn(C2CC2)nc1F. The van der Waals surface area contributed by atoms with E-state index in [0.717, 1.165) is 18.4 Å². The van der Waals surface area contributed by atoms with E-state index in [4.69, 9.17) is 0 Å². The zero-order valence-electron chi connectivity index (χ0n) is 7.42. The molecule has 2 rings (SSSR count). The van der Waals surface area contributed by atoms with Gasteiger partial charge in [0.05, 0.1) is 6.04 Å². The second-order valence-corrected chi connectivity index (χ2v) is 3.74. The van der Waals surface area contributed by atoms with Gasteiger partial charge >= 0.3 is 0 Å². The molecular formula is C9H13FN2. The van der Waals surface area contributed by atoms with Crippen LogP contribution in [-0.2, 0) is 0 Å². The summed E-state index contributed by atoms with van der Waals surface area (Å²) in [6.45, 7) is 3.97. The number of hydrogen-bond acceptors (Lipinski definition) is 1. The van der Waals surface area contributed by atoms with Gasteiger partial charge in [0, 0.05) is 11.8 Å². The van der Waals surface area contributed by atoms with Crippen LogP contribution in [0.4, 0.5) is 4.39 Å². The molecule has 1 aliphatic carbocycles. The van der Waals surface area contributed by atoms with Crippen LogP contribution in [0.25, 0.3) is 0 Å². The first-order valence-electron chi connectivity index (χ1n) is 4.43. The Bertz CT molecular complexity index is 287. The maximum Gasteiger partial charge on any atom is 0.236 e. The number of rotatable bonds is 2. The van der Waals surface area contributed by atoms with E-state index in [-0.39, 0.29) is 11.9 Å². The maximum atomic E-state index is 13.1. The van der Waals surface area contributed by atoms with E-state index in [1.54, 1.807) is 4.68 Å². The van der Waals surface area contributed by atoms with Gasteiger partial charge in [0.15, 0.2) is 0 Å². The van der Waals surface area contributed by atoms with Crippen molar-refractivity contribution in [1.29, 1.82) is 0 Å². The summed E-state index contributed by atoms with van der Waals surface area (Å²) in [7, 11) is 0. The highest BCUT2D eigenvalue weighted by molar-refractivity contribution is 5.12. The topological polar surface area (TPSA) is 17.8 Å². The Morgan fingerprint density at radius 3 is 2.67 bits per heavy atom. The van der Waals surface area contributed by atoms with Crippen LogP contribution in [0.5, 0.6) is 0 Å². The fourth-order valence-electron chi connectivity index (χ4n) is 1.30. The molecule has 0 aliphatic heterocycles. The van der Waals surface area contributed by atoms with Gasteiger partial charge in [-0.05, 0) is 18.8 Å². The van der Waals surface area contributed by atoms with Crippen LogP contribution >= 0.6 is 0 Å². The maximum absolute atomic E-state index is 13.1. The molecule has 12 heavy (non-hydrogen) atoms. The first-order chi connectivity index (χ1) is 5.68. The fraction of sp³-hybridized carbons (Fsp3) is 0.667. The van der Waals surface area contributed by atoms with Crippen molar-refractivity contribution < 1.29 is 4.39 Å². The lowest BCUT2D eigenvalue weighted by atomic mass is 10.1. The molecule has 0 atom stereocenters. The van der Waals surface area contributed by atoms with E-state index in [1.165, 1.54) is 0 Å². The summed E-state index contributed by atoms with van der Waals surface area (Å²) < 4.78 is 14.9. The van der Waals surface area contributed by atoms with Crippen molar-refractivity contribution in [3.63, 3.8) is 0 Å². The smallest absolute Gasteiger partial charge is 0.236 e. The van der Waals surface area contributed by atoms with Gasteiger partial charge in [-0.3, -0.25) is 4.68 Å². The average molecular weight is 168 g/mol. The van der Waals surface area contributed by atoms with Gasteiger partial charge in [-0.1, -0.05) is 13.8 Å². The summed E-state index contributed by atoms with van der Waals surface area (Å²) in [5.41, 5.74) is 0.738. The van der Waals surface area contributed by atoms with Crippen molar-refractivity contribution in [2.75, 3.05) is 0 Å². The van der Waals surface area contributed by atoms with Crippen molar-refractivity contribution in [3.05, 3.63) is 17.7 Å². The third kappa shape index (κ3) is 1.24. The van der Waals surface area contributed by atoms with E-state index in [1.807, 2.05) is 20.0 Å². The van der Waals surface area contributed by atoms with Gasteiger partial charge in [-0.25, -0.2) is 0 Å². The summed E-state index contributed by atoms with van der Waals surface area (Å²) in [4.78, 5) is 0. The molecule has 1 aromatic heterocycles. The van der Waals surface area contributed by atoms with Crippen LogP contribution in [0.3, 0.4) is 0 Å². The summed E-state index contributed by atoms with van der Waals surface area (Å²) in [5, 5.41) is 3.84. The molecule has 1 aliphatic rings. The third-order valence-corrected chi connectivity index (χ3v) is 2.26. The quantitative estimate of drug-likeness (QED) is 0.663. The minimum Gasteiger partial charge on any atom is -0.266 e. The molecular weight excluding hydrogens is 155 g/mol. The van der Waals surface area contributed by atoms with Crippen LogP contribution in [0.15, 0.2) is 6.20 Å². The van der Waals surface area contributed by atoms with E-state index < -0.39 is 0 Å². The molecule has 0 unspecified atom stereocenters. The van der Waals surface area contributed by atoms with Crippen LogP contribution in [-0.4, -0.2) is 9.78 Å². The molecule has 0 spiro atoms. The zero-order valence-corrected chi connectivity index (χ0v) is 7.42. The van der Waals surface area contributed by atoms with Gasteiger partial charge in [0.1, 0.15) is 0 Å². The molecule has 0 bridgehead atoms. The van der Waals surface area contributed by atoms with E-state index in [0.29, 0.717) is 6.04 Å². The average Bonchev–Trinajstić information content (AvgIpc) is 2.75. The monoisotopic (exact) mass is 168 g/mol. The van der Waals surface area contributed by atoms with Crippen molar-refractivity contribution in [2.24, 2.45) is 0 Å². The van der Waals surface area contributed by atoms with Gasteiger partial charge in [0.2, 0.25) is 5.95 Å². The molecule has 0 radical (unpaired) electrons. The highest BCUT2D eigenvalue weighted by atomic mass is 19.1. The molecule has 1 heterocycles. The lowest BCUT2D eigenvalue weighted by molar-refractivity contribution is 0.520. The Balaban J connectivity index is 2.30. The number of nitrogens with zero attached hydrogens (tertiary/aromatic N) is 2.